The van der Waals surface area contributed by atoms with Gasteiger partial charge in [-0.2, -0.15) is 13.2 Å². The lowest BCUT2D eigenvalue weighted by Crippen LogP contribution is -2.08. The maximum atomic E-state index is 12.3. The highest BCUT2D eigenvalue weighted by Crippen LogP contribution is 2.35. The topological polar surface area (TPSA) is 20.2 Å². The molecule has 0 heterocycles. The molecule has 0 amide bonds. The minimum Gasteiger partial charge on any atom is -0.393 e. The highest BCUT2D eigenvalue weighted by Gasteiger charge is 2.32. The summed E-state index contributed by atoms with van der Waals surface area (Å²) < 4.78 is 36.9. The second-order valence-corrected chi connectivity index (χ2v) is 3.77. The van der Waals surface area contributed by atoms with Gasteiger partial charge in [0.15, 0.2) is 0 Å². The zero-order valence-electron chi connectivity index (χ0n) is 7.98. The first-order chi connectivity index (χ1) is 6.80. The average Bonchev–Trinajstić information content (AvgIpc) is 1.99. The molecule has 0 saturated carbocycles. The molecule has 0 radical (unpaired) electrons. The summed E-state index contributed by atoms with van der Waals surface area (Å²) in [5, 5.41) is 8.73. The number of halogens is 4. The van der Waals surface area contributed by atoms with Gasteiger partial charge in [-0.1, -0.05) is 17.7 Å². The van der Waals surface area contributed by atoms with Crippen LogP contribution in [0.1, 0.15) is 18.1 Å². The van der Waals surface area contributed by atoms with Crippen molar-refractivity contribution in [2.24, 2.45) is 0 Å². The number of aliphatic hydroxyl groups is 1. The number of aliphatic hydroxyl groups excluding tert-OH is 1. The SMILES string of the molecule is C[C@@H](O)Cc1ccc(C(F)(F)F)c(Cl)c1. The number of alkyl halides is 3. The molecule has 0 aliphatic rings. The van der Waals surface area contributed by atoms with E-state index >= 15 is 0 Å². The zero-order valence-corrected chi connectivity index (χ0v) is 8.73. The Morgan fingerprint density at radius 3 is 2.40 bits per heavy atom. The van der Waals surface area contributed by atoms with Crippen LogP contribution in [0.4, 0.5) is 13.2 Å². The van der Waals surface area contributed by atoms with E-state index in [-0.39, 0.29) is 11.4 Å². The van der Waals surface area contributed by atoms with Crippen molar-refractivity contribution < 1.29 is 18.3 Å². The third-order valence-corrected chi connectivity index (χ3v) is 2.18. The van der Waals surface area contributed by atoms with Gasteiger partial charge >= 0.3 is 6.18 Å². The summed E-state index contributed by atoms with van der Waals surface area (Å²) in [6, 6.07) is 3.48. The van der Waals surface area contributed by atoms with Crippen molar-refractivity contribution in [3.63, 3.8) is 0 Å². The molecule has 0 saturated heterocycles. The van der Waals surface area contributed by atoms with Crippen LogP contribution in [-0.4, -0.2) is 11.2 Å². The number of hydrogen-bond donors (Lipinski definition) is 1. The van der Waals surface area contributed by atoms with E-state index < -0.39 is 17.8 Å². The largest absolute Gasteiger partial charge is 0.417 e. The van der Waals surface area contributed by atoms with E-state index in [1.54, 1.807) is 6.92 Å². The Kier molecular flexibility index (Phi) is 3.62. The minimum atomic E-state index is -4.43. The molecular formula is C10H10ClF3O. The molecule has 0 fully saturated rings. The van der Waals surface area contributed by atoms with E-state index in [4.69, 9.17) is 16.7 Å². The Morgan fingerprint density at radius 2 is 2.00 bits per heavy atom. The second kappa shape index (κ2) is 4.41. The van der Waals surface area contributed by atoms with E-state index in [2.05, 4.69) is 0 Å². The number of hydrogen-bond acceptors (Lipinski definition) is 1. The standard InChI is InChI=1S/C10H10ClF3O/c1-6(15)4-7-2-3-8(9(11)5-7)10(12,13)14/h2-3,5-6,15H,4H2,1H3/t6-/m1/s1. The first-order valence-corrected chi connectivity index (χ1v) is 4.72. The molecular weight excluding hydrogens is 229 g/mol. The van der Waals surface area contributed by atoms with Gasteiger partial charge in [-0.3, -0.25) is 0 Å². The van der Waals surface area contributed by atoms with Crippen LogP contribution in [0, 0.1) is 0 Å². The summed E-state index contributed by atoms with van der Waals surface area (Å²) in [5.74, 6) is 0. The van der Waals surface area contributed by atoms with Crippen molar-refractivity contribution in [3.8, 4) is 0 Å². The van der Waals surface area contributed by atoms with Crippen molar-refractivity contribution in [2.75, 3.05) is 0 Å². The van der Waals surface area contributed by atoms with E-state index in [1.807, 2.05) is 0 Å². The predicted molar refractivity (Wildman–Crippen MR) is 51.8 cm³/mol. The van der Waals surface area contributed by atoms with Gasteiger partial charge in [-0.25, -0.2) is 0 Å². The Hall–Kier alpha value is -0.740. The molecule has 0 bridgehead atoms. The molecule has 0 aliphatic heterocycles. The Bertz CT molecular complexity index is 347. The van der Waals surface area contributed by atoms with E-state index in [1.165, 1.54) is 12.1 Å². The molecule has 0 spiro atoms. The van der Waals surface area contributed by atoms with Crippen LogP contribution in [-0.2, 0) is 12.6 Å². The number of benzene rings is 1. The minimum absolute atomic E-state index is 0.290. The van der Waals surface area contributed by atoms with Crippen molar-refractivity contribution in [2.45, 2.75) is 25.6 Å². The maximum absolute atomic E-state index is 12.3. The first kappa shape index (κ1) is 12.3. The molecule has 1 nitrogen and oxygen atoms in total. The Balaban J connectivity index is 2.99. The normalized spacial score (nSPS) is 14.0. The molecule has 15 heavy (non-hydrogen) atoms. The van der Waals surface area contributed by atoms with Gasteiger partial charge < -0.3 is 5.11 Å². The molecule has 5 heteroatoms. The molecule has 1 aromatic rings. The fourth-order valence-electron chi connectivity index (χ4n) is 1.26. The Morgan fingerprint density at radius 1 is 1.40 bits per heavy atom. The van der Waals surface area contributed by atoms with Gasteiger partial charge in [0.25, 0.3) is 0 Å². The molecule has 1 rings (SSSR count). The fourth-order valence-corrected chi connectivity index (χ4v) is 1.57. The first-order valence-electron chi connectivity index (χ1n) is 4.34. The summed E-state index contributed by atoms with van der Waals surface area (Å²) in [5.41, 5.74) is -0.262. The van der Waals surface area contributed by atoms with Crippen molar-refractivity contribution in [1.29, 1.82) is 0 Å². The smallest absolute Gasteiger partial charge is 0.393 e. The highest BCUT2D eigenvalue weighted by molar-refractivity contribution is 6.31. The summed E-state index contributed by atoms with van der Waals surface area (Å²) >= 11 is 5.50. The van der Waals surface area contributed by atoms with Crippen LogP contribution < -0.4 is 0 Å². The van der Waals surface area contributed by atoms with Crippen LogP contribution in [0.3, 0.4) is 0 Å². The zero-order chi connectivity index (χ0) is 11.6. The van der Waals surface area contributed by atoms with Gasteiger partial charge in [0.2, 0.25) is 0 Å². The quantitative estimate of drug-likeness (QED) is 0.838. The average molecular weight is 239 g/mol. The summed E-state index contributed by atoms with van der Waals surface area (Å²) in [7, 11) is 0. The molecule has 1 atom stereocenters. The van der Waals surface area contributed by atoms with Crippen molar-refractivity contribution in [3.05, 3.63) is 34.3 Å². The van der Waals surface area contributed by atoms with E-state index in [9.17, 15) is 13.2 Å². The molecule has 1 N–H and O–H groups in total. The third kappa shape index (κ3) is 3.39. The summed E-state index contributed by atoms with van der Waals surface area (Å²) in [6.07, 6.45) is -4.74. The molecule has 0 aliphatic carbocycles. The lowest BCUT2D eigenvalue weighted by molar-refractivity contribution is -0.137. The van der Waals surface area contributed by atoms with Crippen molar-refractivity contribution in [1.82, 2.24) is 0 Å². The van der Waals surface area contributed by atoms with Crippen molar-refractivity contribution >= 4 is 11.6 Å². The van der Waals surface area contributed by atoms with Gasteiger partial charge in [-0.05, 0) is 31.0 Å². The third-order valence-electron chi connectivity index (χ3n) is 1.87. The maximum Gasteiger partial charge on any atom is 0.417 e. The van der Waals surface area contributed by atoms with Crippen LogP contribution >= 0.6 is 11.6 Å². The van der Waals surface area contributed by atoms with Crippen LogP contribution in [0.5, 0.6) is 0 Å². The molecule has 1 aromatic carbocycles. The predicted octanol–water partition coefficient (Wildman–Crippen LogP) is 3.28. The lowest BCUT2D eigenvalue weighted by atomic mass is 10.1. The van der Waals surface area contributed by atoms with Gasteiger partial charge in [-0.15, -0.1) is 0 Å². The van der Waals surface area contributed by atoms with Gasteiger partial charge in [0, 0.05) is 0 Å². The fraction of sp³-hybridized carbons (Fsp3) is 0.400. The Labute approximate surface area is 90.5 Å². The summed E-state index contributed by atoms with van der Waals surface area (Å²) in [6.45, 7) is 1.56. The molecule has 0 unspecified atom stereocenters. The van der Waals surface area contributed by atoms with Crippen LogP contribution in [0.15, 0.2) is 18.2 Å². The second-order valence-electron chi connectivity index (χ2n) is 3.37. The highest BCUT2D eigenvalue weighted by atomic mass is 35.5. The molecule has 0 aromatic heterocycles. The van der Waals surface area contributed by atoms with Gasteiger partial charge in [0.1, 0.15) is 0 Å². The lowest BCUT2D eigenvalue weighted by Gasteiger charge is -2.11. The number of rotatable bonds is 2. The van der Waals surface area contributed by atoms with Gasteiger partial charge in [0.05, 0.1) is 16.7 Å². The van der Waals surface area contributed by atoms with E-state index in [0.29, 0.717) is 5.56 Å². The summed E-state index contributed by atoms with van der Waals surface area (Å²) in [4.78, 5) is 0. The van der Waals surface area contributed by atoms with Crippen LogP contribution in [0.2, 0.25) is 5.02 Å². The monoisotopic (exact) mass is 238 g/mol. The molecule has 84 valence electrons. The van der Waals surface area contributed by atoms with E-state index in [0.717, 1.165) is 6.07 Å². The van der Waals surface area contributed by atoms with Crippen LogP contribution in [0.25, 0.3) is 0 Å².